The number of imide groups is 1. The Bertz CT molecular complexity index is 884. The number of rotatable bonds is 6. The van der Waals surface area contributed by atoms with Crippen LogP contribution in [0, 0.1) is 0 Å². The number of fused-ring (bicyclic) bond motifs is 1. The van der Waals surface area contributed by atoms with Crippen LogP contribution in [0.3, 0.4) is 0 Å². The molecular formula is C22H23N3O3. The molecule has 0 radical (unpaired) electrons. The molecule has 0 atom stereocenters. The van der Waals surface area contributed by atoms with Gasteiger partial charge in [0.05, 0.1) is 22.5 Å². The van der Waals surface area contributed by atoms with Crippen molar-refractivity contribution < 1.29 is 14.4 Å². The molecule has 0 aromatic heterocycles. The van der Waals surface area contributed by atoms with Crippen LogP contribution in [0.25, 0.3) is 0 Å². The number of anilines is 2. The SMILES string of the molecule is O=C(CCCN1C(=O)c2ccccc2C1=O)Nc1ccccc1N1CCCC1. The Hall–Kier alpha value is -3.15. The van der Waals surface area contributed by atoms with E-state index in [4.69, 9.17) is 0 Å². The Morgan fingerprint density at radius 1 is 0.893 bits per heavy atom. The molecule has 2 aliphatic heterocycles. The lowest BCUT2D eigenvalue weighted by atomic mass is 10.1. The Kier molecular flexibility index (Phi) is 5.10. The molecule has 2 aliphatic rings. The van der Waals surface area contributed by atoms with E-state index in [0.717, 1.165) is 24.5 Å². The van der Waals surface area contributed by atoms with Crippen molar-refractivity contribution in [2.45, 2.75) is 25.7 Å². The highest BCUT2D eigenvalue weighted by atomic mass is 16.2. The van der Waals surface area contributed by atoms with Gasteiger partial charge in [-0.25, -0.2) is 0 Å². The molecule has 0 saturated carbocycles. The summed E-state index contributed by atoms with van der Waals surface area (Å²) in [5, 5.41) is 2.98. The summed E-state index contributed by atoms with van der Waals surface area (Å²) in [5.41, 5.74) is 2.75. The van der Waals surface area contributed by atoms with Crippen LogP contribution in [-0.4, -0.2) is 42.3 Å². The predicted molar refractivity (Wildman–Crippen MR) is 108 cm³/mol. The lowest BCUT2D eigenvalue weighted by Crippen LogP contribution is -2.31. The maximum atomic E-state index is 12.4. The van der Waals surface area contributed by atoms with Crippen molar-refractivity contribution in [1.82, 2.24) is 4.90 Å². The predicted octanol–water partition coefficient (Wildman–Crippen LogP) is 3.30. The van der Waals surface area contributed by atoms with Gasteiger partial charge in [0.1, 0.15) is 0 Å². The van der Waals surface area contributed by atoms with Crippen LogP contribution in [-0.2, 0) is 4.79 Å². The average Bonchev–Trinajstić information content (AvgIpc) is 3.32. The van der Waals surface area contributed by atoms with Gasteiger partial charge >= 0.3 is 0 Å². The van der Waals surface area contributed by atoms with Crippen molar-refractivity contribution in [3.05, 3.63) is 59.7 Å². The number of hydrogen-bond donors (Lipinski definition) is 1. The quantitative estimate of drug-likeness (QED) is 0.784. The monoisotopic (exact) mass is 377 g/mol. The van der Waals surface area contributed by atoms with E-state index in [2.05, 4.69) is 10.2 Å². The smallest absolute Gasteiger partial charge is 0.261 e. The van der Waals surface area contributed by atoms with Crippen molar-refractivity contribution >= 4 is 29.1 Å². The molecule has 1 N–H and O–H groups in total. The molecule has 1 fully saturated rings. The van der Waals surface area contributed by atoms with Crippen LogP contribution in [0.1, 0.15) is 46.4 Å². The zero-order valence-corrected chi connectivity index (χ0v) is 15.7. The Morgan fingerprint density at radius 3 is 2.18 bits per heavy atom. The molecule has 6 nitrogen and oxygen atoms in total. The minimum atomic E-state index is -0.277. The molecule has 28 heavy (non-hydrogen) atoms. The highest BCUT2D eigenvalue weighted by Crippen LogP contribution is 2.29. The first-order chi connectivity index (χ1) is 13.6. The summed E-state index contributed by atoms with van der Waals surface area (Å²) in [6.45, 7) is 2.26. The third-order valence-electron chi connectivity index (χ3n) is 5.29. The summed E-state index contributed by atoms with van der Waals surface area (Å²) < 4.78 is 0. The third-order valence-corrected chi connectivity index (χ3v) is 5.29. The van der Waals surface area contributed by atoms with Gasteiger partial charge in [0.15, 0.2) is 0 Å². The van der Waals surface area contributed by atoms with E-state index in [1.807, 2.05) is 24.3 Å². The third kappa shape index (κ3) is 3.50. The van der Waals surface area contributed by atoms with Crippen LogP contribution >= 0.6 is 0 Å². The molecule has 0 bridgehead atoms. The zero-order chi connectivity index (χ0) is 19.5. The molecule has 0 aliphatic carbocycles. The minimum absolute atomic E-state index is 0.108. The fraction of sp³-hybridized carbons (Fsp3) is 0.318. The second-order valence-corrected chi connectivity index (χ2v) is 7.17. The first kappa shape index (κ1) is 18.2. The van der Waals surface area contributed by atoms with E-state index in [-0.39, 0.29) is 30.7 Å². The van der Waals surface area contributed by atoms with E-state index >= 15 is 0 Å². The number of nitrogens with one attached hydrogen (secondary N) is 1. The fourth-order valence-corrected chi connectivity index (χ4v) is 3.87. The van der Waals surface area contributed by atoms with Gasteiger partial charge in [-0.1, -0.05) is 24.3 Å². The molecule has 2 aromatic rings. The molecular weight excluding hydrogens is 354 g/mol. The topological polar surface area (TPSA) is 69.7 Å². The summed E-state index contributed by atoms with van der Waals surface area (Å²) in [4.78, 5) is 40.7. The van der Waals surface area contributed by atoms with Crippen molar-refractivity contribution in [3.8, 4) is 0 Å². The van der Waals surface area contributed by atoms with Crippen LogP contribution in [0.2, 0.25) is 0 Å². The molecule has 2 heterocycles. The standard InChI is InChI=1S/C22H23N3O3/c26-20(23-18-10-3-4-11-19(18)24-13-5-6-14-24)12-7-15-25-21(27)16-8-1-2-9-17(16)22(25)28/h1-4,8-11H,5-7,12-15H2,(H,23,26). The minimum Gasteiger partial charge on any atom is -0.370 e. The first-order valence-electron chi connectivity index (χ1n) is 9.74. The number of para-hydroxylation sites is 2. The zero-order valence-electron chi connectivity index (χ0n) is 15.7. The summed E-state index contributed by atoms with van der Waals surface area (Å²) in [6, 6.07) is 14.7. The van der Waals surface area contributed by atoms with Gasteiger partial charge in [-0.3, -0.25) is 19.3 Å². The number of carbonyl (C=O) groups is 3. The van der Waals surface area contributed by atoms with Crippen LogP contribution in [0.4, 0.5) is 11.4 Å². The number of hydrogen-bond acceptors (Lipinski definition) is 4. The Morgan fingerprint density at radius 2 is 1.50 bits per heavy atom. The van der Waals surface area contributed by atoms with Gasteiger partial charge in [0.25, 0.3) is 11.8 Å². The van der Waals surface area contributed by atoms with Crippen LogP contribution < -0.4 is 10.2 Å². The number of benzene rings is 2. The van der Waals surface area contributed by atoms with Crippen molar-refractivity contribution in [2.24, 2.45) is 0 Å². The van der Waals surface area contributed by atoms with Crippen molar-refractivity contribution in [2.75, 3.05) is 29.9 Å². The van der Waals surface area contributed by atoms with Gasteiger partial charge in [-0.05, 0) is 43.5 Å². The van der Waals surface area contributed by atoms with E-state index < -0.39 is 0 Å². The molecule has 4 rings (SSSR count). The second kappa shape index (κ2) is 7.84. The number of carbonyl (C=O) groups excluding carboxylic acids is 3. The van der Waals surface area contributed by atoms with E-state index in [0.29, 0.717) is 17.5 Å². The summed E-state index contributed by atoms with van der Waals surface area (Å²) in [7, 11) is 0. The van der Waals surface area contributed by atoms with Gasteiger partial charge in [0.2, 0.25) is 5.91 Å². The molecule has 6 heteroatoms. The Balaban J connectivity index is 1.33. The lowest BCUT2D eigenvalue weighted by Gasteiger charge is -2.21. The molecule has 2 aromatic carbocycles. The van der Waals surface area contributed by atoms with Crippen molar-refractivity contribution in [3.63, 3.8) is 0 Å². The highest BCUT2D eigenvalue weighted by Gasteiger charge is 2.34. The summed E-state index contributed by atoms with van der Waals surface area (Å²) in [6.07, 6.45) is 3.02. The van der Waals surface area contributed by atoms with Gasteiger partial charge < -0.3 is 10.2 Å². The van der Waals surface area contributed by atoms with Gasteiger partial charge in [-0.2, -0.15) is 0 Å². The van der Waals surface area contributed by atoms with Crippen LogP contribution in [0.5, 0.6) is 0 Å². The summed E-state index contributed by atoms with van der Waals surface area (Å²) in [5.74, 6) is -0.663. The second-order valence-electron chi connectivity index (χ2n) is 7.17. The Labute approximate surface area is 164 Å². The van der Waals surface area contributed by atoms with E-state index in [1.165, 1.54) is 17.7 Å². The molecule has 1 saturated heterocycles. The fourth-order valence-electron chi connectivity index (χ4n) is 3.87. The molecule has 0 spiro atoms. The molecule has 0 unspecified atom stereocenters. The number of amides is 3. The maximum Gasteiger partial charge on any atom is 0.261 e. The normalized spacial score (nSPS) is 15.9. The number of nitrogens with zero attached hydrogens (tertiary/aromatic N) is 2. The maximum absolute atomic E-state index is 12.4. The highest BCUT2D eigenvalue weighted by molar-refractivity contribution is 6.21. The van der Waals surface area contributed by atoms with Crippen LogP contribution in [0.15, 0.2) is 48.5 Å². The largest absolute Gasteiger partial charge is 0.370 e. The summed E-state index contributed by atoms with van der Waals surface area (Å²) >= 11 is 0. The van der Waals surface area contributed by atoms with Gasteiger partial charge in [0, 0.05) is 26.1 Å². The van der Waals surface area contributed by atoms with Crippen molar-refractivity contribution in [1.29, 1.82) is 0 Å². The van der Waals surface area contributed by atoms with E-state index in [9.17, 15) is 14.4 Å². The first-order valence-corrected chi connectivity index (χ1v) is 9.74. The molecule has 3 amide bonds. The van der Waals surface area contributed by atoms with E-state index in [1.54, 1.807) is 24.3 Å². The average molecular weight is 377 g/mol. The lowest BCUT2D eigenvalue weighted by molar-refractivity contribution is -0.116. The molecule has 144 valence electrons. The van der Waals surface area contributed by atoms with Gasteiger partial charge in [-0.15, -0.1) is 0 Å².